The maximum atomic E-state index is 5.76. The molecule has 4 nitrogen and oxygen atoms in total. The summed E-state index contributed by atoms with van der Waals surface area (Å²) in [5, 5.41) is 0. The fraction of sp³-hybridized carbons (Fsp3) is 0.889. The molecule has 0 radical (unpaired) electrons. The zero-order valence-electron chi connectivity index (χ0n) is 9.41. The van der Waals surface area contributed by atoms with Gasteiger partial charge in [0, 0.05) is 26.2 Å². The van der Waals surface area contributed by atoms with Crippen molar-refractivity contribution in [3.63, 3.8) is 0 Å². The van der Waals surface area contributed by atoms with Crippen LogP contribution in [-0.2, 0) is 0 Å². The average Bonchev–Trinajstić information content (AvgIpc) is 2.03. The Morgan fingerprint density at radius 1 is 1.46 bits per heavy atom. The van der Waals surface area contributed by atoms with Gasteiger partial charge in [0.2, 0.25) is 0 Å². The molecular formula is C9H22N4. The number of hydrogen-bond donors (Lipinski definition) is 1. The molecule has 0 fully saturated rings. The van der Waals surface area contributed by atoms with Gasteiger partial charge >= 0.3 is 0 Å². The van der Waals surface area contributed by atoms with Crippen molar-refractivity contribution in [2.45, 2.75) is 19.9 Å². The first-order chi connectivity index (χ1) is 6.02. The Labute approximate surface area is 81.4 Å². The van der Waals surface area contributed by atoms with Crippen LogP contribution in [0, 0.1) is 0 Å². The summed E-state index contributed by atoms with van der Waals surface area (Å²) in [4.78, 5) is 8.24. The van der Waals surface area contributed by atoms with E-state index in [1.807, 2.05) is 0 Å². The predicted molar refractivity (Wildman–Crippen MR) is 57.9 cm³/mol. The van der Waals surface area contributed by atoms with Crippen molar-refractivity contribution < 1.29 is 0 Å². The molecule has 0 aromatic carbocycles. The summed E-state index contributed by atoms with van der Waals surface area (Å²) >= 11 is 0. The molecule has 0 saturated carbocycles. The van der Waals surface area contributed by atoms with Crippen LogP contribution < -0.4 is 5.73 Å². The van der Waals surface area contributed by atoms with E-state index in [1.54, 1.807) is 7.05 Å². The van der Waals surface area contributed by atoms with E-state index in [9.17, 15) is 0 Å². The Kier molecular flexibility index (Phi) is 5.46. The lowest BCUT2D eigenvalue weighted by atomic mass is 10.3. The third-order valence-electron chi connectivity index (χ3n) is 2.03. The van der Waals surface area contributed by atoms with E-state index in [0.29, 0.717) is 12.0 Å². The molecule has 1 atom stereocenters. The molecule has 0 spiro atoms. The zero-order chi connectivity index (χ0) is 10.4. The molecule has 0 aromatic heterocycles. The van der Waals surface area contributed by atoms with Crippen molar-refractivity contribution >= 4 is 5.96 Å². The molecule has 0 saturated heterocycles. The summed E-state index contributed by atoms with van der Waals surface area (Å²) in [6.45, 7) is 6.13. The minimum absolute atomic E-state index is 0.406. The monoisotopic (exact) mass is 186 g/mol. The second-order valence-corrected chi connectivity index (χ2v) is 3.48. The van der Waals surface area contributed by atoms with Crippen LogP contribution in [0.15, 0.2) is 4.99 Å². The number of nitrogens with zero attached hydrogens (tertiary/aromatic N) is 3. The van der Waals surface area contributed by atoms with E-state index >= 15 is 0 Å². The van der Waals surface area contributed by atoms with Gasteiger partial charge in [-0.25, -0.2) is 0 Å². The van der Waals surface area contributed by atoms with E-state index in [2.05, 4.69) is 42.7 Å². The van der Waals surface area contributed by atoms with Gasteiger partial charge in [-0.3, -0.25) is 4.99 Å². The molecule has 13 heavy (non-hydrogen) atoms. The number of aliphatic imine (C=N–C) groups is 1. The molecule has 4 heteroatoms. The first-order valence-corrected chi connectivity index (χ1v) is 4.66. The number of likely N-dealkylation sites (N-methyl/N-ethyl adjacent to an activating group) is 2. The van der Waals surface area contributed by atoms with Crippen LogP contribution in [0.4, 0.5) is 0 Å². The van der Waals surface area contributed by atoms with Gasteiger partial charge in [-0.1, -0.05) is 0 Å². The quantitative estimate of drug-likeness (QED) is 0.504. The van der Waals surface area contributed by atoms with Crippen molar-refractivity contribution in [3.05, 3.63) is 0 Å². The van der Waals surface area contributed by atoms with Crippen molar-refractivity contribution in [1.29, 1.82) is 0 Å². The van der Waals surface area contributed by atoms with Gasteiger partial charge in [0.05, 0.1) is 0 Å². The van der Waals surface area contributed by atoms with Crippen LogP contribution in [0.1, 0.15) is 13.8 Å². The number of hydrogen-bond acceptors (Lipinski definition) is 2. The minimum Gasteiger partial charge on any atom is -0.370 e. The molecule has 0 aromatic rings. The Bertz CT molecular complexity index is 165. The van der Waals surface area contributed by atoms with Gasteiger partial charge in [0.1, 0.15) is 0 Å². The molecule has 0 amide bonds. The van der Waals surface area contributed by atoms with E-state index in [4.69, 9.17) is 5.73 Å². The molecular weight excluding hydrogens is 164 g/mol. The lowest BCUT2D eigenvalue weighted by Crippen LogP contribution is -2.47. The van der Waals surface area contributed by atoms with Gasteiger partial charge in [0.15, 0.2) is 5.96 Å². The number of rotatable bonds is 4. The smallest absolute Gasteiger partial charge is 0.191 e. The lowest BCUT2D eigenvalue weighted by Gasteiger charge is -2.30. The zero-order valence-corrected chi connectivity index (χ0v) is 9.41. The van der Waals surface area contributed by atoms with Crippen LogP contribution in [0.5, 0.6) is 0 Å². The van der Waals surface area contributed by atoms with E-state index in [0.717, 1.165) is 13.1 Å². The van der Waals surface area contributed by atoms with Crippen LogP contribution in [0.25, 0.3) is 0 Å². The van der Waals surface area contributed by atoms with Crippen molar-refractivity contribution in [3.8, 4) is 0 Å². The third-order valence-corrected chi connectivity index (χ3v) is 2.03. The summed E-state index contributed by atoms with van der Waals surface area (Å²) < 4.78 is 0. The molecule has 0 rings (SSSR count). The highest BCUT2D eigenvalue weighted by Gasteiger charge is 2.13. The summed E-state index contributed by atoms with van der Waals surface area (Å²) in [5.41, 5.74) is 5.76. The Morgan fingerprint density at radius 2 is 2.00 bits per heavy atom. The second kappa shape index (κ2) is 5.80. The average molecular weight is 186 g/mol. The third kappa shape index (κ3) is 4.12. The van der Waals surface area contributed by atoms with E-state index < -0.39 is 0 Å². The van der Waals surface area contributed by atoms with E-state index in [-0.39, 0.29) is 0 Å². The highest BCUT2D eigenvalue weighted by Crippen LogP contribution is 1.99. The summed E-state index contributed by atoms with van der Waals surface area (Å²) in [7, 11) is 5.84. The molecule has 1 unspecified atom stereocenters. The van der Waals surface area contributed by atoms with Crippen molar-refractivity contribution in [1.82, 2.24) is 9.80 Å². The highest BCUT2D eigenvalue weighted by molar-refractivity contribution is 5.78. The van der Waals surface area contributed by atoms with Gasteiger partial charge < -0.3 is 15.5 Å². The summed E-state index contributed by atoms with van der Waals surface area (Å²) in [6.07, 6.45) is 0. The number of nitrogens with two attached hydrogens (primary N) is 1. The summed E-state index contributed by atoms with van der Waals surface area (Å²) in [5.74, 6) is 0.622. The van der Waals surface area contributed by atoms with Gasteiger partial charge in [0.25, 0.3) is 0 Å². The topological polar surface area (TPSA) is 44.9 Å². The van der Waals surface area contributed by atoms with Crippen LogP contribution >= 0.6 is 0 Å². The van der Waals surface area contributed by atoms with Crippen molar-refractivity contribution in [2.75, 3.05) is 34.2 Å². The normalized spacial score (nSPS) is 14.8. The lowest BCUT2D eigenvalue weighted by molar-refractivity contribution is 0.262. The molecule has 2 N–H and O–H groups in total. The Balaban J connectivity index is 4.23. The van der Waals surface area contributed by atoms with Crippen molar-refractivity contribution in [2.24, 2.45) is 10.7 Å². The summed E-state index contributed by atoms with van der Waals surface area (Å²) in [6, 6.07) is 0.406. The molecule has 78 valence electrons. The standard InChI is InChI=1S/C9H22N4/c1-6-13(9(10)11-3)8(2)7-12(4)5/h8H,6-7H2,1-5H3,(H2,10,11). The van der Waals surface area contributed by atoms with Gasteiger partial charge in [-0.05, 0) is 27.9 Å². The van der Waals surface area contributed by atoms with Crippen LogP contribution in [-0.4, -0.2) is 56.0 Å². The SMILES string of the molecule is CCN(C(N)=NC)C(C)CN(C)C. The first-order valence-electron chi connectivity index (χ1n) is 4.66. The maximum absolute atomic E-state index is 5.76. The Hall–Kier alpha value is -0.770. The fourth-order valence-electron chi connectivity index (χ4n) is 1.45. The van der Waals surface area contributed by atoms with Gasteiger partial charge in [-0.15, -0.1) is 0 Å². The molecule has 0 aliphatic heterocycles. The number of guanidine groups is 1. The Morgan fingerprint density at radius 3 is 2.31 bits per heavy atom. The van der Waals surface area contributed by atoms with Gasteiger partial charge in [-0.2, -0.15) is 0 Å². The molecule has 0 aliphatic carbocycles. The van der Waals surface area contributed by atoms with Crippen LogP contribution in [0.2, 0.25) is 0 Å². The molecule has 0 aliphatic rings. The highest BCUT2D eigenvalue weighted by atomic mass is 15.3. The molecule has 0 heterocycles. The first kappa shape index (κ1) is 12.2. The van der Waals surface area contributed by atoms with E-state index in [1.165, 1.54) is 0 Å². The fourth-order valence-corrected chi connectivity index (χ4v) is 1.45. The minimum atomic E-state index is 0.406. The maximum Gasteiger partial charge on any atom is 0.191 e. The predicted octanol–water partition coefficient (Wildman–Crippen LogP) is 0.203. The van der Waals surface area contributed by atoms with Crippen LogP contribution in [0.3, 0.4) is 0 Å². The molecule has 0 bridgehead atoms. The second-order valence-electron chi connectivity index (χ2n) is 3.48. The largest absolute Gasteiger partial charge is 0.370 e.